The number of ether oxygens (including phenoxy) is 2. The predicted molar refractivity (Wildman–Crippen MR) is 107 cm³/mol. The van der Waals surface area contributed by atoms with Crippen molar-refractivity contribution in [3.63, 3.8) is 0 Å². The van der Waals surface area contributed by atoms with Gasteiger partial charge in [-0.15, -0.1) is 0 Å². The fourth-order valence-corrected chi connectivity index (χ4v) is 2.49. The van der Waals surface area contributed by atoms with Gasteiger partial charge in [-0.3, -0.25) is 0 Å². The van der Waals surface area contributed by atoms with Crippen LogP contribution in [-0.4, -0.2) is 25.7 Å². The summed E-state index contributed by atoms with van der Waals surface area (Å²) in [7, 11) is 1.69. The van der Waals surface area contributed by atoms with E-state index in [9.17, 15) is 0 Å². The van der Waals surface area contributed by atoms with Crippen molar-refractivity contribution in [2.45, 2.75) is 40.0 Å². The molecule has 26 heavy (non-hydrogen) atoms. The summed E-state index contributed by atoms with van der Waals surface area (Å²) in [6, 6.07) is 16.0. The third-order valence-electron chi connectivity index (χ3n) is 3.70. The van der Waals surface area contributed by atoms with Gasteiger partial charge in [0.25, 0.3) is 0 Å². The second-order valence-corrected chi connectivity index (χ2v) is 6.17. The van der Waals surface area contributed by atoms with Crippen molar-refractivity contribution in [2.24, 2.45) is 4.99 Å². The second kappa shape index (κ2) is 10.3. The Hall–Kier alpha value is -2.69. The summed E-state index contributed by atoms with van der Waals surface area (Å²) >= 11 is 0. The molecule has 140 valence electrons. The van der Waals surface area contributed by atoms with Gasteiger partial charge in [0, 0.05) is 18.7 Å². The van der Waals surface area contributed by atoms with Crippen LogP contribution in [0.15, 0.2) is 53.5 Å². The molecule has 0 amide bonds. The number of nitrogens with one attached hydrogen (secondary N) is 2. The van der Waals surface area contributed by atoms with E-state index in [1.54, 1.807) is 7.11 Å². The van der Waals surface area contributed by atoms with Crippen molar-refractivity contribution in [2.75, 3.05) is 13.7 Å². The first-order chi connectivity index (χ1) is 12.6. The summed E-state index contributed by atoms with van der Waals surface area (Å²) in [6.07, 6.45) is 0.179. The Morgan fingerprint density at radius 1 is 1.04 bits per heavy atom. The average Bonchev–Trinajstić information content (AvgIpc) is 2.65. The Labute approximate surface area is 156 Å². The minimum Gasteiger partial charge on any atom is -0.496 e. The number of guanidine groups is 1. The van der Waals surface area contributed by atoms with Crippen LogP contribution >= 0.6 is 0 Å². The minimum atomic E-state index is 0.179. The SMILES string of the molecule is CCNC(=NCc1ccc(OC(C)C)cc1)NCc1ccccc1OC. The first-order valence-electron chi connectivity index (χ1n) is 9.02. The van der Waals surface area contributed by atoms with E-state index in [2.05, 4.69) is 22.5 Å². The van der Waals surface area contributed by atoms with Gasteiger partial charge in [0.15, 0.2) is 5.96 Å². The van der Waals surface area contributed by atoms with Gasteiger partial charge in [-0.2, -0.15) is 0 Å². The van der Waals surface area contributed by atoms with Gasteiger partial charge in [0.1, 0.15) is 11.5 Å². The molecule has 0 heterocycles. The molecule has 0 fully saturated rings. The molecule has 5 heteroatoms. The van der Waals surface area contributed by atoms with Crippen LogP contribution < -0.4 is 20.1 Å². The lowest BCUT2D eigenvalue weighted by atomic mass is 10.2. The highest BCUT2D eigenvalue weighted by Crippen LogP contribution is 2.17. The molecule has 2 aromatic rings. The quantitative estimate of drug-likeness (QED) is 0.559. The van der Waals surface area contributed by atoms with Crippen LogP contribution in [0.1, 0.15) is 31.9 Å². The highest BCUT2D eigenvalue weighted by Gasteiger charge is 2.04. The third-order valence-corrected chi connectivity index (χ3v) is 3.70. The first kappa shape index (κ1) is 19.6. The van der Waals surface area contributed by atoms with Crippen molar-refractivity contribution in [3.8, 4) is 11.5 Å². The van der Waals surface area contributed by atoms with E-state index in [0.29, 0.717) is 13.1 Å². The summed E-state index contributed by atoms with van der Waals surface area (Å²) in [5.41, 5.74) is 2.23. The van der Waals surface area contributed by atoms with Gasteiger partial charge >= 0.3 is 0 Å². The van der Waals surface area contributed by atoms with Gasteiger partial charge in [-0.05, 0) is 44.5 Å². The monoisotopic (exact) mass is 355 g/mol. The fraction of sp³-hybridized carbons (Fsp3) is 0.381. The number of para-hydroxylation sites is 1. The molecular formula is C21H29N3O2. The Morgan fingerprint density at radius 3 is 2.42 bits per heavy atom. The molecule has 0 spiro atoms. The molecule has 0 aromatic heterocycles. The molecule has 2 N–H and O–H groups in total. The van der Waals surface area contributed by atoms with Crippen molar-refractivity contribution in [1.29, 1.82) is 0 Å². The molecule has 0 radical (unpaired) electrons. The van der Waals surface area contributed by atoms with E-state index in [1.807, 2.05) is 62.4 Å². The smallest absolute Gasteiger partial charge is 0.191 e. The number of benzene rings is 2. The zero-order valence-corrected chi connectivity index (χ0v) is 16.1. The fourth-order valence-electron chi connectivity index (χ4n) is 2.49. The normalized spacial score (nSPS) is 11.3. The van der Waals surface area contributed by atoms with Crippen LogP contribution in [0.4, 0.5) is 0 Å². The second-order valence-electron chi connectivity index (χ2n) is 6.17. The number of aliphatic imine (C=N–C) groups is 1. The zero-order valence-electron chi connectivity index (χ0n) is 16.1. The molecule has 0 bridgehead atoms. The van der Waals surface area contributed by atoms with E-state index >= 15 is 0 Å². The van der Waals surface area contributed by atoms with Gasteiger partial charge in [0.2, 0.25) is 0 Å². The number of rotatable bonds is 8. The molecule has 0 aliphatic heterocycles. The Balaban J connectivity index is 1.97. The van der Waals surface area contributed by atoms with Crippen molar-refractivity contribution in [3.05, 3.63) is 59.7 Å². The average molecular weight is 355 g/mol. The Morgan fingerprint density at radius 2 is 1.77 bits per heavy atom. The van der Waals surface area contributed by atoms with E-state index < -0.39 is 0 Å². The molecule has 0 saturated heterocycles. The summed E-state index contributed by atoms with van der Waals surface area (Å²) in [5.74, 6) is 2.53. The molecule has 0 unspecified atom stereocenters. The van der Waals surface area contributed by atoms with Crippen molar-refractivity contribution in [1.82, 2.24) is 10.6 Å². The summed E-state index contributed by atoms with van der Waals surface area (Å²) in [4.78, 5) is 4.66. The summed E-state index contributed by atoms with van der Waals surface area (Å²) in [5, 5.41) is 6.63. The Bertz CT molecular complexity index is 697. The molecule has 2 aromatic carbocycles. The first-order valence-corrected chi connectivity index (χ1v) is 9.02. The third kappa shape index (κ3) is 6.31. The molecule has 2 rings (SSSR count). The highest BCUT2D eigenvalue weighted by atomic mass is 16.5. The maximum Gasteiger partial charge on any atom is 0.191 e. The molecule has 0 aliphatic rings. The van der Waals surface area contributed by atoms with E-state index in [-0.39, 0.29) is 6.10 Å². The summed E-state index contributed by atoms with van der Waals surface area (Å²) < 4.78 is 11.1. The van der Waals surface area contributed by atoms with Crippen LogP contribution in [0.25, 0.3) is 0 Å². The lowest BCUT2D eigenvalue weighted by molar-refractivity contribution is 0.242. The molecule has 0 aliphatic carbocycles. The Kier molecular flexibility index (Phi) is 7.80. The van der Waals surface area contributed by atoms with Gasteiger partial charge in [0.05, 0.1) is 19.8 Å². The maximum absolute atomic E-state index is 5.67. The van der Waals surface area contributed by atoms with Crippen LogP contribution in [0.5, 0.6) is 11.5 Å². The van der Waals surface area contributed by atoms with Gasteiger partial charge < -0.3 is 20.1 Å². The lowest BCUT2D eigenvalue weighted by Gasteiger charge is -2.13. The predicted octanol–water partition coefficient (Wildman–Crippen LogP) is 3.74. The van der Waals surface area contributed by atoms with Crippen molar-refractivity contribution >= 4 is 5.96 Å². The number of hydrogen-bond acceptors (Lipinski definition) is 3. The van der Waals surface area contributed by atoms with E-state index in [4.69, 9.17) is 9.47 Å². The number of methoxy groups -OCH3 is 1. The van der Waals surface area contributed by atoms with Gasteiger partial charge in [-0.1, -0.05) is 30.3 Å². The van der Waals surface area contributed by atoms with E-state index in [1.165, 1.54) is 0 Å². The zero-order chi connectivity index (χ0) is 18.8. The minimum absolute atomic E-state index is 0.179. The van der Waals surface area contributed by atoms with Crippen LogP contribution in [0.2, 0.25) is 0 Å². The lowest BCUT2D eigenvalue weighted by Crippen LogP contribution is -2.36. The molecule has 0 atom stereocenters. The van der Waals surface area contributed by atoms with Crippen molar-refractivity contribution < 1.29 is 9.47 Å². The topological polar surface area (TPSA) is 54.9 Å². The standard InChI is InChI=1S/C21H29N3O2/c1-5-22-21(24-15-18-8-6-7-9-20(18)25-4)23-14-17-10-12-19(13-11-17)26-16(2)3/h6-13,16H,5,14-15H2,1-4H3,(H2,22,23,24). The van der Waals surface area contributed by atoms with Gasteiger partial charge in [-0.25, -0.2) is 4.99 Å². The number of nitrogens with zero attached hydrogens (tertiary/aromatic N) is 1. The number of hydrogen-bond donors (Lipinski definition) is 2. The maximum atomic E-state index is 5.67. The molecule has 5 nitrogen and oxygen atoms in total. The molecule has 0 saturated carbocycles. The highest BCUT2D eigenvalue weighted by molar-refractivity contribution is 5.79. The van der Waals surface area contributed by atoms with Crippen LogP contribution in [-0.2, 0) is 13.1 Å². The largest absolute Gasteiger partial charge is 0.496 e. The van der Waals surface area contributed by atoms with E-state index in [0.717, 1.165) is 35.1 Å². The summed E-state index contributed by atoms with van der Waals surface area (Å²) in [6.45, 7) is 8.15. The van der Waals surface area contributed by atoms with Crippen LogP contribution in [0.3, 0.4) is 0 Å². The molecular weight excluding hydrogens is 326 g/mol. The van der Waals surface area contributed by atoms with Crippen LogP contribution in [0, 0.1) is 0 Å².